The van der Waals surface area contributed by atoms with Gasteiger partial charge >= 0.3 is 5.97 Å². The highest BCUT2D eigenvalue weighted by molar-refractivity contribution is 5.91. The monoisotopic (exact) mass is 286 g/mol. The van der Waals surface area contributed by atoms with Gasteiger partial charge in [0.1, 0.15) is 0 Å². The summed E-state index contributed by atoms with van der Waals surface area (Å²) in [6, 6.07) is 0. The lowest BCUT2D eigenvalue weighted by Crippen LogP contribution is -2.31. The van der Waals surface area contributed by atoms with Crippen LogP contribution >= 0.6 is 0 Å². The summed E-state index contributed by atoms with van der Waals surface area (Å²) < 4.78 is 1.79. The fourth-order valence-corrected chi connectivity index (χ4v) is 2.94. The van der Waals surface area contributed by atoms with Crippen molar-refractivity contribution in [3.8, 4) is 0 Å². The molecule has 0 spiro atoms. The second-order valence-corrected chi connectivity index (χ2v) is 5.51. The minimum atomic E-state index is -0.877. The van der Waals surface area contributed by atoms with Crippen LogP contribution in [-0.2, 0) is 26.6 Å². The molecule has 110 valence electrons. The number of hydrogen-bond donors (Lipinski definition) is 1. The number of carbonyl (C=O) groups is 1. The molecule has 1 N–H and O–H groups in total. The number of rotatable bonds is 3. The molecule has 0 radical (unpaired) electrons. The van der Waals surface area contributed by atoms with Crippen molar-refractivity contribution in [1.82, 2.24) is 19.7 Å². The maximum absolute atomic E-state index is 11.4. The molecule has 0 saturated carbocycles. The van der Waals surface area contributed by atoms with Gasteiger partial charge in [-0.2, -0.15) is 5.10 Å². The van der Waals surface area contributed by atoms with Crippen LogP contribution in [0, 0.1) is 6.92 Å². The predicted octanol–water partition coefficient (Wildman–Crippen LogP) is 1.38. The number of nitrogens with zero attached hydrogens (tertiary/aromatic N) is 4. The summed E-state index contributed by atoms with van der Waals surface area (Å²) in [5.74, 6) is -0.877. The third kappa shape index (κ3) is 2.67. The Kier molecular flexibility index (Phi) is 3.47. The number of aromatic nitrogens is 3. The second-order valence-electron chi connectivity index (χ2n) is 5.51. The molecule has 3 heterocycles. The molecule has 3 rings (SSSR count). The summed E-state index contributed by atoms with van der Waals surface area (Å²) in [6.07, 6.45) is 6.43. The summed E-state index contributed by atoms with van der Waals surface area (Å²) >= 11 is 0. The van der Waals surface area contributed by atoms with E-state index >= 15 is 0 Å². The van der Waals surface area contributed by atoms with E-state index in [9.17, 15) is 9.90 Å². The molecule has 0 fully saturated rings. The van der Waals surface area contributed by atoms with Gasteiger partial charge in [-0.15, -0.1) is 0 Å². The van der Waals surface area contributed by atoms with Crippen LogP contribution in [0.5, 0.6) is 0 Å². The Morgan fingerprint density at radius 2 is 2.24 bits per heavy atom. The Bertz CT molecular complexity index is 693. The van der Waals surface area contributed by atoms with Crippen LogP contribution in [0.2, 0.25) is 0 Å². The van der Waals surface area contributed by atoms with Crippen LogP contribution in [0.1, 0.15) is 32.7 Å². The molecule has 6 nitrogen and oxygen atoms in total. The van der Waals surface area contributed by atoms with E-state index in [1.807, 2.05) is 25.6 Å². The molecule has 1 aliphatic heterocycles. The highest BCUT2D eigenvalue weighted by atomic mass is 16.4. The number of fused-ring (bicyclic) bond motifs is 1. The van der Waals surface area contributed by atoms with Crippen molar-refractivity contribution in [2.24, 2.45) is 7.05 Å². The highest BCUT2D eigenvalue weighted by Gasteiger charge is 2.24. The number of carboxylic acids is 1. The average molecular weight is 286 g/mol. The SMILES string of the molecule is Cc1ncc2c(c1C(=O)O)CCN(Cc1cnn(C)c1)C2. The summed E-state index contributed by atoms with van der Waals surface area (Å²) in [7, 11) is 1.90. The fourth-order valence-electron chi connectivity index (χ4n) is 2.94. The summed E-state index contributed by atoms with van der Waals surface area (Å²) in [4.78, 5) is 17.9. The normalized spacial score (nSPS) is 15.0. The number of aryl methyl sites for hydroxylation is 2. The van der Waals surface area contributed by atoms with Crippen LogP contribution in [0.3, 0.4) is 0 Å². The van der Waals surface area contributed by atoms with E-state index in [4.69, 9.17) is 0 Å². The lowest BCUT2D eigenvalue weighted by molar-refractivity contribution is 0.0693. The van der Waals surface area contributed by atoms with Crippen molar-refractivity contribution >= 4 is 5.97 Å². The van der Waals surface area contributed by atoms with Gasteiger partial charge in [-0.25, -0.2) is 4.79 Å². The van der Waals surface area contributed by atoms with Gasteiger partial charge in [0.25, 0.3) is 0 Å². The summed E-state index contributed by atoms with van der Waals surface area (Å²) in [5, 5.41) is 13.5. The molecule has 21 heavy (non-hydrogen) atoms. The smallest absolute Gasteiger partial charge is 0.337 e. The van der Waals surface area contributed by atoms with Crippen LogP contribution in [-0.4, -0.2) is 37.3 Å². The number of carboxylic acid groups (broad SMARTS) is 1. The van der Waals surface area contributed by atoms with Gasteiger partial charge in [0.05, 0.1) is 17.5 Å². The number of pyridine rings is 1. The third-order valence-corrected chi connectivity index (χ3v) is 3.92. The maximum Gasteiger partial charge on any atom is 0.337 e. The third-order valence-electron chi connectivity index (χ3n) is 3.92. The van der Waals surface area contributed by atoms with E-state index in [1.54, 1.807) is 11.6 Å². The summed E-state index contributed by atoms with van der Waals surface area (Å²) in [5.41, 5.74) is 4.11. The Morgan fingerprint density at radius 1 is 1.43 bits per heavy atom. The van der Waals surface area contributed by atoms with Gasteiger partial charge in [-0.3, -0.25) is 14.6 Å². The van der Waals surface area contributed by atoms with Crippen molar-refractivity contribution in [2.75, 3.05) is 6.54 Å². The van der Waals surface area contributed by atoms with Gasteiger partial charge < -0.3 is 5.11 Å². The van der Waals surface area contributed by atoms with Crippen LogP contribution in [0.15, 0.2) is 18.6 Å². The fraction of sp³-hybridized carbons (Fsp3) is 0.400. The molecule has 2 aromatic rings. The van der Waals surface area contributed by atoms with Crippen molar-refractivity contribution in [3.05, 3.63) is 46.5 Å². The molecule has 0 amide bonds. The van der Waals surface area contributed by atoms with Gasteiger partial charge in [-0.05, 0) is 24.5 Å². The highest BCUT2D eigenvalue weighted by Crippen LogP contribution is 2.24. The van der Waals surface area contributed by atoms with E-state index in [1.165, 1.54) is 5.56 Å². The minimum absolute atomic E-state index is 0.383. The molecule has 0 saturated heterocycles. The Morgan fingerprint density at radius 3 is 2.90 bits per heavy atom. The molecular formula is C15H18N4O2. The van der Waals surface area contributed by atoms with Crippen molar-refractivity contribution in [3.63, 3.8) is 0 Å². The zero-order chi connectivity index (χ0) is 15.0. The zero-order valence-corrected chi connectivity index (χ0v) is 12.2. The standard InChI is InChI=1S/C15H18N4O2/c1-10-14(15(20)21)13-3-4-19(9-12(13)6-16-10)8-11-5-17-18(2)7-11/h5-7H,3-4,8-9H2,1-2H3,(H,20,21). The van der Waals surface area contributed by atoms with E-state index < -0.39 is 5.97 Å². The molecule has 0 unspecified atom stereocenters. The lowest BCUT2D eigenvalue weighted by atomic mass is 9.95. The molecule has 0 atom stereocenters. The molecule has 6 heteroatoms. The molecule has 0 bridgehead atoms. The number of aromatic carboxylic acids is 1. The lowest BCUT2D eigenvalue weighted by Gasteiger charge is -2.29. The zero-order valence-electron chi connectivity index (χ0n) is 12.2. The van der Waals surface area contributed by atoms with Gasteiger partial charge in [0.15, 0.2) is 0 Å². The quantitative estimate of drug-likeness (QED) is 0.923. The first-order valence-corrected chi connectivity index (χ1v) is 6.95. The first kappa shape index (κ1) is 13.8. The van der Waals surface area contributed by atoms with E-state index in [-0.39, 0.29) is 0 Å². The van der Waals surface area contributed by atoms with Gasteiger partial charge in [-0.1, -0.05) is 0 Å². The first-order valence-electron chi connectivity index (χ1n) is 6.95. The van der Waals surface area contributed by atoms with E-state index in [0.29, 0.717) is 11.3 Å². The minimum Gasteiger partial charge on any atom is -0.478 e. The Balaban J connectivity index is 1.83. The predicted molar refractivity (Wildman–Crippen MR) is 77.0 cm³/mol. The Hall–Kier alpha value is -2.21. The van der Waals surface area contributed by atoms with Gasteiger partial charge in [0.2, 0.25) is 0 Å². The summed E-state index contributed by atoms with van der Waals surface area (Å²) in [6.45, 7) is 4.17. The van der Waals surface area contributed by atoms with E-state index in [0.717, 1.165) is 37.2 Å². The topological polar surface area (TPSA) is 71.2 Å². The molecule has 0 aliphatic carbocycles. The van der Waals surface area contributed by atoms with Gasteiger partial charge in [0, 0.05) is 44.6 Å². The molecule has 0 aromatic carbocycles. The Labute approximate surface area is 123 Å². The van der Waals surface area contributed by atoms with Crippen LogP contribution < -0.4 is 0 Å². The average Bonchev–Trinajstić information content (AvgIpc) is 2.83. The molecular weight excluding hydrogens is 268 g/mol. The van der Waals surface area contributed by atoms with Crippen LogP contribution in [0.25, 0.3) is 0 Å². The van der Waals surface area contributed by atoms with E-state index in [2.05, 4.69) is 15.0 Å². The van der Waals surface area contributed by atoms with Crippen LogP contribution in [0.4, 0.5) is 0 Å². The van der Waals surface area contributed by atoms with Crippen molar-refractivity contribution in [1.29, 1.82) is 0 Å². The largest absolute Gasteiger partial charge is 0.478 e. The second kappa shape index (κ2) is 5.29. The number of hydrogen-bond acceptors (Lipinski definition) is 4. The molecule has 1 aliphatic rings. The first-order chi connectivity index (χ1) is 10.0. The van der Waals surface area contributed by atoms with Crippen molar-refractivity contribution < 1.29 is 9.90 Å². The maximum atomic E-state index is 11.4. The van der Waals surface area contributed by atoms with Crippen molar-refractivity contribution in [2.45, 2.75) is 26.4 Å². The molecule has 2 aromatic heterocycles.